The molecule has 230 valence electrons. The van der Waals surface area contributed by atoms with Crippen molar-refractivity contribution in [2.24, 2.45) is 17.8 Å². The van der Waals surface area contributed by atoms with Gasteiger partial charge in [-0.05, 0) is 73.1 Å². The van der Waals surface area contributed by atoms with Crippen LogP contribution in [0.3, 0.4) is 0 Å². The minimum Gasteiger partial charge on any atom is -0.467 e. The lowest BCUT2D eigenvalue weighted by Crippen LogP contribution is -2.46. The van der Waals surface area contributed by atoms with E-state index >= 15 is 0 Å². The topological polar surface area (TPSA) is 146 Å². The molecule has 0 spiro atoms. The van der Waals surface area contributed by atoms with Crippen molar-refractivity contribution in [3.63, 3.8) is 0 Å². The molecule has 1 aliphatic carbocycles. The third-order valence-electron chi connectivity index (χ3n) is 6.71. The predicted octanol–water partition coefficient (Wildman–Crippen LogP) is 4.00. The lowest BCUT2D eigenvalue weighted by molar-refractivity contribution is -0.149. The van der Waals surface area contributed by atoms with E-state index < -0.39 is 59.2 Å². The lowest BCUT2D eigenvalue weighted by Gasteiger charge is -2.26. The van der Waals surface area contributed by atoms with Gasteiger partial charge >= 0.3 is 24.1 Å². The van der Waals surface area contributed by atoms with Crippen molar-refractivity contribution in [3.05, 3.63) is 12.7 Å². The van der Waals surface area contributed by atoms with Gasteiger partial charge in [0.15, 0.2) is 0 Å². The van der Waals surface area contributed by atoms with Crippen molar-refractivity contribution in [3.8, 4) is 0 Å². The number of esters is 2. The third kappa shape index (κ3) is 9.29. The van der Waals surface area contributed by atoms with E-state index in [2.05, 4.69) is 11.3 Å². The predicted molar refractivity (Wildman–Crippen MR) is 146 cm³/mol. The number of rotatable bonds is 6. The van der Waals surface area contributed by atoms with Crippen LogP contribution in [0.5, 0.6) is 0 Å². The molecule has 2 saturated heterocycles. The Morgan fingerprint density at radius 3 is 1.51 bits per heavy atom. The fourth-order valence-corrected chi connectivity index (χ4v) is 4.74. The number of imide groups is 2. The molecular formula is C29H44N2O10. The quantitative estimate of drug-likeness (QED) is 0.257. The maximum Gasteiger partial charge on any atom is 0.417 e. The second kappa shape index (κ2) is 13.5. The number of methoxy groups -OCH3 is 2. The number of hydrogen-bond acceptors (Lipinski definition) is 10. The van der Waals surface area contributed by atoms with Crippen molar-refractivity contribution in [2.45, 2.75) is 103 Å². The number of likely N-dealkylation sites (tertiary alicyclic amines) is 2. The van der Waals surface area contributed by atoms with Crippen molar-refractivity contribution < 1.29 is 47.7 Å². The van der Waals surface area contributed by atoms with Gasteiger partial charge in [0.05, 0.1) is 14.2 Å². The number of nitrogens with zero attached hydrogens (tertiary/aromatic N) is 2. The first-order chi connectivity index (χ1) is 18.9. The Kier molecular flexibility index (Phi) is 11.1. The second-order valence-electron chi connectivity index (χ2n) is 12.5. The highest BCUT2D eigenvalue weighted by Gasteiger charge is 2.50. The highest BCUT2D eigenvalue weighted by atomic mass is 16.6. The summed E-state index contributed by atoms with van der Waals surface area (Å²) in [5, 5.41) is 0. The summed E-state index contributed by atoms with van der Waals surface area (Å²) in [4.78, 5) is 74.4. The van der Waals surface area contributed by atoms with Crippen LogP contribution >= 0.6 is 0 Å². The van der Waals surface area contributed by atoms with Crippen LogP contribution in [0.15, 0.2) is 12.7 Å². The number of allylic oxidation sites excluding steroid dienone is 1. The largest absolute Gasteiger partial charge is 0.467 e. The van der Waals surface area contributed by atoms with E-state index in [1.165, 1.54) is 14.2 Å². The number of amides is 4. The smallest absolute Gasteiger partial charge is 0.417 e. The first kappa shape index (κ1) is 33.8. The molecule has 0 bridgehead atoms. The highest BCUT2D eigenvalue weighted by molar-refractivity contribution is 6.01. The molecule has 12 heteroatoms. The van der Waals surface area contributed by atoms with Gasteiger partial charge in [-0.25, -0.2) is 29.0 Å². The van der Waals surface area contributed by atoms with Crippen LogP contribution in [0.1, 0.15) is 80.1 Å². The summed E-state index contributed by atoms with van der Waals surface area (Å²) < 4.78 is 19.8. The Labute approximate surface area is 241 Å². The monoisotopic (exact) mass is 580 g/mol. The van der Waals surface area contributed by atoms with E-state index in [9.17, 15) is 28.8 Å². The molecular weight excluding hydrogens is 536 g/mol. The average Bonchev–Trinajstić information content (AvgIpc) is 3.53. The van der Waals surface area contributed by atoms with Gasteiger partial charge in [0, 0.05) is 11.8 Å². The van der Waals surface area contributed by atoms with Crippen molar-refractivity contribution in [1.82, 2.24) is 9.80 Å². The number of carbonyl (C=O) groups is 6. The molecule has 0 aromatic carbocycles. The lowest BCUT2D eigenvalue weighted by atomic mass is 9.98. The molecule has 0 N–H and O–H groups in total. The molecule has 4 amide bonds. The molecule has 12 nitrogen and oxygen atoms in total. The van der Waals surface area contributed by atoms with Crippen LogP contribution in [0.2, 0.25) is 0 Å². The Morgan fingerprint density at radius 2 is 1.17 bits per heavy atom. The maximum absolute atomic E-state index is 12.4. The summed E-state index contributed by atoms with van der Waals surface area (Å²) in [7, 11) is 2.48. The van der Waals surface area contributed by atoms with E-state index in [1.807, 2.05) is 0 Å². The molecule has 1 saturated carbocycles. The first-order valence-corrected chi connectivity index (χ1v) is 13.8. The second-order valence-corrected chi connectivity index (χ2v) is 12.5. The van der Waals surface area contributed by atoms with E-state index in [1.54, 1.807) is 47.6 Å². The Bertz CT molecular complexity index is 1040. The summed E-state index contributed by atoms with van der Waals surface area (Å²) in [6.07, 6.45) is 3.98. The summed E-state index contributed by atoms with van der Waals surface area (Å²) in [6, 6.07) is -1.78. The fraction of sp³-hybridized carbons (Fsp3) is 0.724. The van der Waals surface area contributed by atoms with Gasteiger partial charge < -0.3 is 18.9 Å². The van der Waals surface area contributed by atoms with E-state index in [4.69, 9.17) is 14.2 Å². The fourth-order valence-electron chi connectivity index (χ4n) is 4.74. The van der Waals surface area contributed by atoms with Crippen LogP contribution in [0, 0.1) is 17.8 Å². The normalized spacial score (nSPS) is 24.3. The molecule has 41 heavy (non-hydrogen) atoms. The van der Waals surface area contributed by atoms with Gasteiger partial charge in [-0.1, -0.05) is 18.9 Å². The van der Waals surface area contributed by atoms with Gasteiger partial charge in [0.2, 0.25) is 11.8 Å². The number of ether oxygens (including phenoxy) is 4. The van der Waals surface area contributed by atoms with Crippen molar-refractivity contribution in [1.29, 1.82) is 0 Å². The minimum absolute atomic E-state index is 0.233. The van der Waals surface area contributed by atoms with Crippen LogP contribution in [-0.2, 0) is 38.1 Å². The first-order valence-electron chi connectivity index (χ1n) is 13.8. The maximum atomic E-state index is 12.4. The molecule has 4 atom stereocenters. The Balaban J connectivity index is 0.000000287. The molecule has 0 aromatic rings. The van der Waals surface area contributed by atoms with Gasteiger partial charge in [-0.2, -0.15) is 0 Å². The van der Waals surface area contributed by atoms with E-state index in [-0.39, 0.29) is 18.2 Å². The van der Waals surface area contributed by atoms with E-state index in [0.717, 1.165) is 29.1 Å². The zero-order valence-electron chi connectivity index (χ0n) is 25.4. The molecule has 2 aliphatic heterocycles. The number of hydrogen-bond donors (Lipinski definition) is 0. The van der Waals surface area contributed by atoms with Gasteiger partial charge in [-0.3, -0.25) is 9.59 Å². The molecule has 3 aliphatic rings. The highest BCUT2D eigenvalue weighted by Crippen LogP contribution is 2.40. The summed E-state index contributed by atoms with van der Waals surface area (Å²) in [5.74, 6) is -2.08. The van der Waals surface area contributed by atoms with Gasteiger partial charge in [0.1, 0.15) is 23.3 Å². The van der Waals surface area contributed by atoms with Gasteiger partial charge in [-0.15, -0.1) is 6.58 Å². The van der Waals surface area contributed by atoms with Crippen LogP contribution in [0.4, 0.5) is 9.59 Å². The van der Waals surface area contributed by atoms with Crippen molar-refractivity contribution >= 4 is 35.9 Å². The minimum atomic E-state index is -0.924. The summed E-state index contributed by atoms with van der Waals surface area (Å²) >= 11 is 0. The summed E-state index contributed by atoms with van der Waals surface area (Å²) in [6.45, 7) is 13.8. The SMILES string of the molecule is C=CC[C@@H]1C[C@@H](C(=O)OC)N(C(=O)OC(C)(C)C)C1=O.COC(=O)[C@@H]1C[C@@H](CC2CC2)C(=O)N1C(=O)OC(C)(C)C. The van der Waals surface area contributed by atoms with E-state index in [0.29, 0.717) is 18.8 Å². The molecule has 0 unspecified atom stereocenters. The molecule has 2 heterocycles. The Hall–Kier alpha value is -3.44. The van der Waals surface area contributed by atoms with Crippen LogP contribution in [0.25, 0.3) is 0 Å². The Morgan fingerprint density at radius 1 is 0.780 bits per heavy atom. The molecule has 0 radical (unpaired) electrons. The molecule has 0 aromatic heterocycles. The van der Waals surface area contributed by atoms with Crippen LogP contribution in [-0.4, -0.2) is 83.2 Å². The zero-order valence-corrected chi connectivity index (χ0v) is 25.4. The van der Waals surface area contributed by atoms with Crippen molar-refractivity contribution in [2.75, 3.05) is 14.2 Å². The van der Waals surface area contributed by atoms with Crippen LogP contribution < -0.4 is 0 Å². The zero-order chi connectivity index (χ0) is 31.3. The molecule has 3 fully saturated rings. The summed E-state index contributed by atoms with van der Waals surface area (Å²) in [5.41, 5.74) is -1.46. The third-order valence-corrected chi connectivity index (χ3v) is 6.71. The van der Waals surface area contributed by atoms with Gasteiger partial charge in [0.25, 0.3) is 0 Å². The standard InChI is InChI=1S/C15H23NO5.C14H21NO5/c1-15(2,3)21-14(19)16-11(13(18)20-4)8-10(12(16)17)7-9-5-6-9;1-6-7-9-8-10(12(17)19-5)15(11(9)16)13(18)20-14(2,3)4/h9-11H,5-8H2,1-4H3;6,9-10H,1,7-8H2,2-5H3/t10-,11+;9-,10+/m11/s1. The number of carbonyl (C=O) groups excluding carboxylic acids is 6. The average molecular weight is 581 g/mol. The molecule has 3 rings (SSSR count).